The number of aromatic amines is 1. The van der Waals surface area contributed by atoms with Crippen LogP contribution >= 0.6 is 0 Å². The van der Waals surface area contributed by atoms with E-state index >= 15 is 0 Å². The minimum Gasteiger partial charge on any atom is -0.376 e. The van der Waals surface area contributed by atoms with Gasteiger partial charge in [-0.3, -0.25) is 4.79 Å². The highest BCUT2D eigenvalue weighted by Crippen LogP contribution is 2.06. The largest absolute Gasteiger partial charge is 0.376 e. The summed E-state index contributed by atoms with van der Waals surface area (Å²) >= 11 is 0. The summed E-state index contributed by atoms with van der Waals surface area (Å²) in [5.74, 6) is -0.185. The predicted molar refractivity (Wildman–Crippen MR) is 80.9 cm³/mol. The molecule has 0 unspecified atom stereocenters. The van der Waals surface area contributed by atoms with Crippen molar-refractivity contribution in [2.24, 2.45) is 5.10 Å². The predicted octanol–water partition coefficient (Wildman–Crippen LogP) is 2.19. The summed E-state index contributed by atoms with van der Waals surface area (Å²) in [6.45, 7) is 4.13. The zero-order valence-corrected chi connectivity index (χ0v) is 11.6. The quantitative estimate of drug-likeness (QED) is 0.576. The number of benzene rings is 1. The van der Waals surface area contributed by atoms with Crippen molar-refractivity contribution in [1.82, 2.24) is 10.4 Å². The number of para-hydroxylation sites is 1. The molecule has 1 aromatic heterocycles. The van der Waals surface area contributed by atoms with E-state index in [4.69, 9.17) is 0 Å². The number of nitrogens with zero attached hydrogens (tertiary/aromatic N) is 1. The van der Waals surface area contributed by atoms with Gasteiger partial charge in [-0.2, -0.15) is 5.10 Å². The third-order valence-electron chi connectivity index (χ3n) is 2.81. The molecule has 104 valence electrons. The molecule has 0 saturated heterocycles. The third-order valence-corrected chi connectivity index (χ3v) is 2.81. The Hall–Kier alpha value is -2.56. The fourth-order valence-corrected chi connectivity index (χ4v) is 1.83. The lowest BCUT2D eigenvalue weighted by molar-refractivity contribution is -0.119. The summed E-state index contributed by atoms with van der Waals surface area (Å²) < 4.78 is 0. The first-order chi connectivity index (χ1) is 9.65. The Labute approximate surface area is 118 Å². The van der Waals surface area contributed by atoms with Crippen molar-refractivity contribution in [3.05, 3.63) is 53.3 Å². The maximum absolute atomic E-state index is 11.6. The van der Waals surface area contributed by atoms with Crippen LogP contribution in [0.1, 0.15) is 17.0 Å². The number of aromatic nitrogens is 1. The van der Waals surface area contributed by atoms with Crippen LogP contribution in [0.5, 0.6) is 0 Å². The monoisotopic (exact) mass is 270 g/mol. The highest BCUT2D eigenvalue weighted by Gasteiger charge is 2.00. The zero-order valence-electron chi connectivity index (χ0n) is 11.6. The Morgan fingerprint density at radius 2 is 2.05 bits per heavy atom. The van der Waals surface area contributed by atoms with E-state index in [1.165, 1.54) is 0 Å². The lowest BCUT2D eigenvalue weighted by atomic mass is 10.3. The maximum Gasteiger partial charge on any atom is 0.259 e. The Kier molecular flexibility index (Phi) is 4.55. The van der Waals surface area contributed by atoms with Crippen LogP contribution in [0, 0.1) is 13.8 Å². The van der Waals surface area contributed by atoms with Crippen molar-refractivity contribution in [3.8, 4) is 0 Å². The number of rotatable bonds is 5. The second-order valence-electron chi connectivity index (χ2n) is 4.55. The average molecular weight is 270 g/mol. The molecule has 0 bridgehead atoms. The number of nitrogens with one attached hydrogen (secondary N) is 3. The van der Waals surface area contributed by atoms with Crippen LogP contribution < -0.4 is 10.7 Å². The van der Waals surface area contributed by atoms with Gasteiger partial charge in [0.15, 0.2) is 0 Å². The summed E-state index contributed by atoms with van der Waals surface area (Å²) in [5.41, 5.74) is 6.47. The molecule has 0 aliphatic rings. The van der Waals surface area contributed by atoms with Gasteiger partial charge in [-0.05, 0) is 32.0 Å². The lowest BCUT2D eigenvalue weighted by Crippen LogP contribution is -2.25. The topological polar surface area (TPSA) is 69.3 Å². The second-order valence-corrected chi connectivity index (χ2v) is 4.55. The summed E-state index contributed by atoms with van der Waals surface area (Å²) in [7, 11) is 0. The van der Waals surface area contributed by atoms with E-state index < -0.39 is 0 Å². The van der Waals surface area contributed by atoms with E-state index in [-0.39, 0.29) is 12.5 Å². The number of carbonyl (C=O) groups excluding carboxylic acids is 1. The first kappa shape index (κ1) is 13.9. The molecule has 0 saturated carbocycles. The number of amides is 1. The van der Waals surface area contributed by atoms with Gasteiger partial charge in [0.1, 0.15) is 0 Å². The first-order valence-electron chi connectivity index (χ1n) is 6.42. The van der Waals surface area contributed by atoms with E-state index in [0.29, 0.717) is 0 Å². The molecule has 5 nitrogen and oxygen atoms in total. The lowest BCUT2D eigenvalue weighted by Gasteiger charge is -2.04. The van der Waals surface area contributed by atoms with Crippen LogP contribution in [0.15, 0.2) is 41.5 Å². The van der Waals surface area contributed by atoms with Gasteiger partial charge in [0.2, 0.25) is 0 Å². The molecule has 5 heteroatoms. The molecule has 1 amide bonds. The molecule has 1 aromatic carbocycles. The molecule has 3 N–H and O–H groups in total. The minimum absolute atomic E-state index is 0.185. The van der Waals surface area contributed by atoms with Crippen LogP contribution in [0.3, 0.4) is 0 Å². The van der Waals surface area contributed by atoms with Crippen molar-refractivity contribution in [3.63, 3.8) is 0 Å². The number of anilines is 1. The number of hydrazone groups is 1. The highest BCUT2D eigenvalue weighted by atomic mass is 16.2. The third kappa shape index (κ3) is 3.98. The summed E-state index contributed by atoms with van der Waals surface area (Å²) in [4.78, 5) is 14.8. The van der Waals surface area contributed by atoms with Gasteiger partial charge in [-0.1, -0.05) is 18.2 Å². The zero-order chi connectivity index (χ0) is 14.4. The molecule has 0 aliphatic heterocycles. The van der Waals surface area contributed by atoms with Crippen LogP contribution in [-0.4, -0.2) is 23.7 Å². The molecule has 20 heavy (non-hydrogen) atoms. The van der Waals surface area contributed by atoms with Gasteiger partial charge in [0.05, 0.1) is 12.8 Å². The number of aryl methyl sites for hydroxylation is 2. The van der Waals surface area contributed by atoms with Crippen molar-refractivity contribution >= 4 is 17.8 Å². The molecular weight excluding hydrogens is 252 g/mol. The van der Waals surface area contributed by atoms with Crippen LogP contribution in [0.25, 0.3) is 0 Å². The molecule has 0 fully saturated rings. The maximum atomic E-state index is 11.6. The van der Waals surface area contributed by atoms with Crippen molar-refractivity contribution in [2.75, 3.05) is 11.9 Å². The van der Waals surface area contributed by atoms with E-state index in [9.17, 15) is 4.79 Å². The van der Waals surface area contributed by atoms with Crippen molar-refractivity contribution in [1.29, 1.82) is 0 Å². The molecule has 0 spiro atoms. The summed E-state index contributed by atoms with van der Waals surface area (Å²) in [6, 6.07) is 11.5. The molecule has 0 atom stereocenters. The Morgan fingerprint density at radius 1 is 1.30 bits per heavy atom. The van der Waals surface area contributed by atoms with E-state index in [1.807, 2.05) is 50.2 Å². The van der Waals surface area contributed by atoms with Gasteiger partial charge < -0.3 is 10.3 Å². The molecule has 1 heterocycles. The molecule has 0 aliphatic carbocycles. The van der Waals surface area contributed by atoms with Gasteiger partial charge >= 0.3 is 0 Å². The van der Waals surface area contributed by atoms with Crippen molar-refractivity contribution in [2.45, 2.75) is 13.8 Å². The standard InChI is InChI=1S/C15H18N4O/c1-11-8-13(12(2)18-11)9-17-19-15(20)10-16-14-6-4-3-5-7-14/h3-9,16,18H,10H2,1-2H3,(H,19,20)/b17-9+. The second kappa shape index (κ2) is 6.56. The highest BCUT2D eigenvalue weighted by molar-refractivity contribution is 5.85. The fraction of sp³-hybridized carbons (Fsp3) is 0.200. The molecule has 0 radical (unpaired) electrons. The Morgan fingerprint density at radius 3 is 2.70 bits per heavy atom. The number of hydrogen-bond acceptors (Lipinski definition) is 3. The minimum atomic E-state index is -0.185. The van der Waals surface area contributed by atoms with Crippen LogP contribution in [0.4, 0.5) is 5.69 Å². The van der Waals surface area contributed by atoms with Gasteiger partial charge in [-0.25, -0.2) is 5.43 Å². The van der Waals surface area contributed by atoms with Gasteiger partial charge in [0, 0.05) is 22.6 Å². The Bertz CT molecular complexity index is 602. The average Bonchev–Trinajstić information content (AvgIpc) is 2.76. The fourth-order valence-electron chi connectivity index (χ4n) is 1.83. The van der Waals surface area contributed by atoms with Gasteiger partial charge in [-0.15, -0.1) is 0 Å². The van der Waals surface area contributed by atoms with E-state index in [2.05, 4.69) is 20.8 Å². The number of hydrogen-bond donors (Lipinski definition) is 3. The molecular formula is C15H18N4O. The normalized spacial score (nSPS) is 10.7. The van der Waals surface area contributed by atoms with E-state index in [1.54, 1.807) is 6.21 Å². The smallest absolute Gasteiger partial charge is 0.259 e. The number of carbonyl (C=O) groups is 1. The van der Waals surface area contributed by atoms with Crippen molar-refractivity contribution < 1.29 is 4.79 Å². The first-order valence-corrected chi connectivity index (χ1v) is 6.42. The molecule has 2 aromatic rings. The summed E-state index contributed by atoms with van der Waals surface area (Å²) in [5, 5.41) is 6.96. The number of H-pyrrole nitrogens is 1. The molecule has 2 rings (SSSR count). The SMILES string of the molecule is Cc1cc(/C=N/NC(=O)CNc2ccccc2)c(C)[nH]1. The van der Waals surface area contributed by atoms with Crippen LogP contribution in [-0.2, 0) is 4.79 Å². The Balaban J connectivity index is 1.79. The van der Waals surface area contributed by atoms with E-state index in [0.717, 1.165) is 22.6 Å². The summed E-state index contributed by atoms with van der Waals surface area (Å²) in [6.07, 6.45) is 1.64. The van der Waals surface area contributed by atoms with Gasteiger partial charge in [0.25, 0.3) is 5.91 Å². The van der Waals surface area contributed by atoms with Crippen LogP contribution in [0.2, 0.25) is 0 Å².